The number of carboxylic acids is 1. The van der Waals surface area contributed by atoms with Gasteiger partial charge >= 0.3 is 5.97 Å². The Bertz CT molecular complexity index is 1170. The molecule has 1 aliphatic rings. The van der Waals surface area contributed by atoms with E-state index in [-0.39, 0.29) is 6.42 Å². The molecule has 0 bridgehead atoms. The normalized spacial score (nSPS) is 17.3. The van der Waals surface area contributed by atoms with Gasteiger partial charge in [-0.25, -0.2) is 9.97 Å². The summed E-state index contributed by atoms with van der Waals surface area (Å²) in [4.78, 5) is 23.2. The number of carbonyl (C=O) groups is 1. The summed E-state index contributed by atoms with van der Waals surface area (Å²) in [5, 5.41) is 19.9. The van der Waals surface area contributed by atoms with Gasteiger partial charge in [0.2, 0.25) is 0 Å². The van der Waals surface area contributed by atoms with Crippen molar-refractivity contribution in [1.29, 1.82) is 0 Å². The average Bonchev–Trinajstić information content (AvgIpc) is 2.81. The minimum Gasteiger partial charge on any atom is -0.481 e. The second-order valence-corrected chi connectivity index (χ2v) is 10.1. The molecule has 0 fully saturated rings. The number of anilines is 1. The first kappa shape index (κ1) is 24.9. The molecule has 0 aliphatic carbocycles. The van der Waals surface area contributed by atoms with Crippen molar-refractivity contribution in [2.45, 2.75) is 64.9 Å². The molecule has 2 heterocycles. The van der Waals surface area contributed by atoms with Crippen molar-refractivity contribution < 1.29 is 15.0 Å². The number of aliphatic hydroxyl groups is 1. The van der Waals surface area contributed by atoms with Crippen LogP contribution in [-0.2, 0) is 11.2 Å². The van der Waals surface area contributed by atoms with E-state index in [4.69, 9.17) is 15.1 Å². The van der Waals surface area contributed by atoms with Gasteiger partial charge in [0, 0.05) is 37.1 Å². The highest BCUT2D eigenvalue weighted by molar-refractivity contribution is 5.80. The summed E-state index contributed by atoms with van der Waals surface area (Å²) in [6, 6.07) is 16.7. The van der Waals surface area contributed by atoms with Gasteiger partial charge in [-0.3, -0.25) is 4.79 Å². The van der Waals surface area contributed by atoms with Crippen molar-refractivity contribution in [2.75, 3.05) is 18.0 Å². The highest BCUT2D eigenvalue weighted by Crippen LogP contribution is 2.36. The first-order valence-corrected chi connectivity index (χ1v) is 12.5. The Kier molecular flexibility index (Phi) is 7.51. The van der Waals surface area contributed by atoms with Crippen LogP contribution in [0.5, 0.6) is 0 Å². The monoisotopic (exact) mass is 473 g/mol. The van der Waals surface area contributed by atoms with Crippen molar-refractivity contribution in [1.82, 2.24) is 9.97 Å². The lowest BCUT2D eigenvalue weighted by Gasteiger charge is -2.38. The Morgan fingerprint density at radius 1 is 0.886 bits per heavy atom. The molecular formula is C29H35N3O3. The van der Waals surface area contributed by atoms with E-state index >= 15 is 0 Å². The predicted molar refractivity (Wildman–Crippen MR) is 140 cm³/mol. The van der Waals surface area contributed by atoms with Crippen molar-refractivity contribution in [3.63, 3.8) is 0 Å². The fourth-order valence-electron chi connectivity index (χ4n) is 4.68. The van der Waals surface area contributed by atoms with Crippen LogP contribution in [-0.4, -0.2) is 44.8 Å². The molecule has 6 nitrogen and oxygen atoms in total. The van der Waals surface area contributed by atoms with Crippen molar-refractivity contribution >= 4 is 11.8 Å². The van der Waals surface area contributed by atoms with Gasteiger partial charge in [0.25, 0.3) is 0 Å². The molecule has 0 radical (unpaired) electrons. The Morgan fingerprint density at radius 2 is 1.43 bits per heavy atom. The maximum absolute atomic E-state index is 11.0. The van der Waals surface area contributed by atoms with Crippen LogP contribution in [0.1, 0.15) is 55.8 Å². The first-order valence-electron chi connectivity index (χ1n) is 12.5. The number of benzene rings is 2. The van der Waals surface area contributed by atoms with Crippen LogP contribution < -0.4 is 4.90 Å². The topological polar surface area (TPSA) is 86.6 Å². The summed E-state index contributed by atoms with van der Waals surface area (Å²) in [7, 11) is 0. The average molecular weight is 474 g/mol. The zero-order valence-corrected chi connectivity index (χ0v) is 20.9. The van der Waals surface area contributed by atoms with Crippen LogP contribution in [0, 0.1) is 13.8 Å². The predicted octanol–water partition coefficient (Wildman–Crippen LogP) is 5.58. The second kappa shape index (κ2) is 10.6. The highest BCUT2D eigenvalue weighted by Gasteiger charge is 2.35. The van der Waals surface area contributed by atoms with Crippen molar-refractivity contribution in [3.05, 3.63) is 65.4 Å². The molecule has 184 valence electrons. The molecule has 0 saturated carbocycles. The Labute approximate surface area is 207 Å². The van der Waals surface area contributed by atoms with Crippen LogP contribution in [0.4, 0.5) is 5.82 Å². The summed E-state index contributed by atoms with van der Waals surface area (Å²) in [6.07, 6.45) is 4.11. The number of fused-ring (bicyclic) bond motifs is 1. The van der Waals surface area contributed by atoms with E-state index in [1.165, 1.54) is 11.1 Å². The van der Waals surface area contributed by atoms with Gasteiger partial charge in [-0.05, 0) is 33.6 Å². The third-order valence-corrected chi connectivity index (χ3v) is 6.54. The number of β-amino-alcohol motifs (C(OH)–C–C–N with tert-alkyl or cyclic N) is 1. The van der Waals surface area contributed by atoms with Gasteiger partial charge in [0.05, 0.1) is 22.7 Å². The number of nitrogens with zero attached hydrogens (tertiary/aromatic N) is 3. The third kappa shape index (κ3) is 6.25. The van der Waals surface area contributed by atoms with E-state index in [1.54, 1.807) is 0 Å². The fourth-order valence-corrected chi connectivity index (χ4v) is 4.68. The zero-order valence-electron chi connectivity index (χ0n) is 20.9. The van der Waals surface area contributed by atoms with Gasteiger partial charge in [0.15, 0.2) is 5.82 Å². The molecule has 0 amide bonds. The summed E-state index contributed by atoms with van der Waals surface area (Å²) in [6.45, 7) is 7.25. The molecule has 1 aliphatic heterocycles. The second-order valence-electron chi connectivity index (χ2n) is 10.1. The van der Waals surface area contributed by atoms with E-state index < -0.39 is 11.6 Å². The fraction of sp³-hybridized carbons (Fsp3) is 0.414. The van der Waals surface area contributed by atoms with Gasteiger partial charge in [-0.1, -0.05) is 72.5 Å². The molecule has 0 saturated heterocycles. The minimum atomic E-state index is -0.888. The van der Waals surface area contributed by atoms with Crippen molar-refractivity contribution in [2.24, 2.45) is 0 Å². The summed E-state index contributed by atoms with van der Waals surface area (Å²) >= 11 is 0. The molecule has 3 aromatic rings. The maximum Gasteiger partial charge on any atom is 0.303 e. The molecule has 35 heavy (non-hydrogen) atoms. The molecule has 1 aromatic heterocycles. The molecule has 0 unspecified atom stereocenters. The number of aryl methyl sites for hydroxylation is 2. The van der Waals surface area contributed by atoms with Crippen LogP contribution >= 0.6 is 0 Å². The number of rotatable bonds is 9. The quantitative estimate of drug-likeness (QED) is 0.395. The van der Waals surface area contributed by atoms with E-state index in [0.717, 1.165) is 59.8 Å². The molecule has 2 aromatic carbocycles. The first-order chi connectivity index (χ1) is 16.7. The highest BCUT2D eigenvalue weighted by atomic mass is 16.4. The summed E-state index contributed by atoms with van der Waals surface area (Å²) < 4.78 is 0. The van der Waals surface area contributed by atoms with E-state index in [2.05, 4.69) is 67.3 Å². The van der Waals surface area contributed by atoms with E-state index in [1.807, 2.05) is 6.92 Å². The smallest absolute Gasteiger partial charge is 0.303 e. The Morgan fingerprint density at radius 3 is 2.00 bits per heavy atom. The largest absolute Gasteiger partial charge is 0.481 e. The lowest BCUT2D eigenvalue weighted by molar-refractivity contribution is -0.137. The van der Waals surface area contributed by atoms with Crippen LogP contribution in [0.3, 0.4) is 0 Å². The maximum atomic E-state index is 11.0. The molecule has 2 N–H and O–H groups in total. The Hall–Kier alpha value is -3.25. The van der Waals surface area contributed by atoms with Crippen LogP contribution in [0.2, 0.25) is 0 Å². The SMILES string of the molecule is Cc1ccc(-c2nc3c(nc2-c2ccc(C)cc2)N(CCCCCCC(=O)O)C[C@@](C)(O)C3)cc1. The lowest BCUT2D eigenvalue weighted by atomic mass is 9.93. The molecule has 4 rings (SSSR count). The lowest BCUT2D eigenvalue weighted by Crippen LogP contribution is -2.48. The van der Waals surface area contributed by atoms with Crippen LogP contribution in [0.15, 0.2) is 48.5 Å². The number of hydrogen-bond acceptors (Lipinski definition) is 5. The number of hydrogen-bond donors (Lipinski definition) is 2. The number of aliphatic carboxylic acids is 1. The number of unbranched alkanes of at least 4 members (excludes halogenated alkanes) is 3. The zero-order chi connectivity index (χ0) is 25.0. The standard InChI is InChI=1S/C29H35N3O3/c1-20-9-13-22(14-10-20)26-27(23-15-11-21(2)12-16-23)31-28-24(30-26)18-29(3,35)19-32(28)17-7-5-4-6-8-25(33)34/h9-16,35H,4-8,17-19H2,1-3H3,(H,33,34)/t29-/m0/s1. The minimum absolute atomic E-state index is 0.217. The molecular weight excluding hydrogens is 438 g/mol. The third-order valence-electron chi connectivity index (χ3n) is 6.54. The van der Waals surface area contributed by atoms with E-state index in [0.29, 0.717) is 19.4 Å². The molecule has 1 atom stereocenters. The summed E-state index contributed by atoms with van der Waals surface area (Å²) in [5.41, 5.74) is 6.02. The molecule has 6 heteroatoms. The van der Waals surface area contributed by atoms with Gasteiger partial charge < -0.3 is 15.1 Å². The van der Waals surface area contributed by atoms with Crippen molar-refractivity contribution in [3.8, 4) is 22.5 Å². The number of aromatic nitrogens is 2. The van der Waals surface area contributed by atoms with Gasteiger partial charge in [-0.15, -0.1) is 0 Å². The Balaban J connectivity index is 1.68. The summed E-state index contributed by atoms with van der Waals surface area (Å²) in [5.74, 6) is 0.0998. The van der Waals surface area contributed by atoms with Gasteiger partial charge in [0.1, 0.15) is 0 Å². The number of carboxylic acid groups (broad SMARTS) is 1. The van der Waals surface area contributed by atoms with Crippen LogP contribution in [0.25, 0.3) is 22.5 Å². The van der Waals surface area contributed by atoms with E-state index in [9.17, 15) is 9.90 Å². The molecule has 0 spiro atoms. The van der Waals surface area contributed by atoms with Gasteiger partial charge in [-0.2, -0.15) is 0 Å².